The Morgan fingerprint density at radius 2 is 2.16 bits per heavy atom. The third-order valence-corrected chi connectivity index (χ3v) is 3.81. The quantitative estimate of drug-likeness (QED) is 0.923. The summed E-state index contributed by atoms with van der Waals surface area (Å²) in [5.41, 5.74) is 0. The van der Waals surface area contributed by atoms with Crippen LogP contribution in [0.2, 0.25) is 5.02 Å². The van der Waals surface area contributed by atoms with Crippen molar-refractivity contribution in [3.05, 3.63) is 23.4 Å². The molecule has 1 aromatic heterocycles. The maximum atomic E-state index is 11.9. The minimum absolute atomic E-state index is 0.0251. The van der Waals surface area contributed by atoms with Crippen molar-refractivity contribution in [3.63, 3.8) is 0 Å². The normalized spacial score (nSPS) is 16.6. The molecular formula is C14H20ClN3O. The zero-order valence-corrected chi connectivity index (χ0v) is 12.0. The summed E-state index contributed by atoms with van der Waals surface area (Å²) < 4.78 is 0. The van der Waals surface area contributed by atoms with E-state index in [0.29, 0.717) is 23.4 Å². The molecule has 1 aliphatic carbocycles. The molecule has 0 saturated heterocycles. The van der Waals surface area contributed by atoms with Crippen LogP contribution in [0.3, 0.4) is 0 Å². The van der Waals surface area contributed by atoms with Crippen LogP contribution in [0.4, 0.5) is 5.82 Å². The van der Waals surface area contributed by atoms with Crippen molar-refractivity contribution >= 4 is 23.3 Å². The number of amides is 1. The van der Waals surface area contributed by atoms with Crippen molar-refractivity contribution in [3.8, 4) is 0 Å². The Labute approximate surface area is 119 Å². The second-order valence-electron chi connectivity index (χ2n) is 5.12. The molecule has 1 saturated carbocycles. The van der Waals surface area contributed by atoms with Gasteiger partial charge in [-0.2, -0.15) is 0 Å². The molecule has 1 N–H and O–H groups in total. The zero-order valence-electron chi connectivity index (χ0n) is 11.2. The van der Waals surface area contributed by atoms with Gasteiger partial charge in [0.2, 0.25) is 5.91 Å². The lowest BCUT2D eigenvalue weighted by Crippen LogP contribution is -2.39. The second-order valence-corrected chi connectivity index (χ2v) is 5.55. The number of hydrogen-bond donors (Lipinski definition) is 1. The van der Waals surface area contributed by atoms with Crippen LogP contribution in [0.15, 0.2) is 18.3 Å². The molecule has 4 nitrogen and oxygen atoms in total. The van der Waals surface area contributed by atoms with E-state index in [1.807, 2.05) is 7.05 Å². The monoisotopic (exact) mass is 281 g/mol. The van der Waals surface area contributed by atoms with Crippen molar-refractivity contribution < 1.29 is 4.79 Å². The van der Waals surface area contributed by atoms with Crippen LogP contribution in [0, 0.1) is 0 Å². The summed E-state index contributed by atoms with van der Waals surface area (Å²) >= 11 is 5.75. The van der Waals surface area contributed by atoms with Crippen LogP contribution in [0.25, 0.3) is 0 Å². The summed E-state index contributed by atoms with van der Waals surface area (Å²) in [5.74, 6) is 0.523. The number of carbonyl (C=O) groups is 1. The molecule has 2 rings (SSSR count). The molecule has 5 heteroatoms. The predicted octanol–water partition coefficient (Wildman–Crippen LogP) is 2.94. The van der Waals surface area contributed by atoms with E-state index in [1.165, 1.54) is 38.3 Å². The topological polar surface area (TPSA) is 45.2 Å². The summed E-state index contributed by atoms with van der Waals surface area (Å²) in [6, 6.07) is 3.97. The fourth-order valence-corrected chi connectivity index (χ4v) is 2.62. The van der Waals surface area contributed by atoms with Crippen LogP contribution in [0.1, 0.15) is 32.1 Å². The fraction of sp³-hybridized carbons (Fsp3) is 0.571. The highest BCUT2D eigenvalue weighted by Gasteiger charge is 2.19. The van der Waals surface area contributed by atoms with Gasteiger partial charge in [0.05, 0.1) is 11.6 Å². The number of carbonyl (C=O) groups excluding carboxylic acids is 1. The molecule has 0 atom stereocenters. The summed E-state index contributed by atoms with van der Waals surface area (Å²) in [7, 11) is 2.02. The minimum Gasteiger partial charge on any atom is -0.310 e. The average molecular weight is 282 g/mol. The molecule has 0 aliphatic heterocycles. The van der Waals surface area contributed by atoms with Gasteiger partial charge in [0.15, 0.2) is 0 Å². The number of rotatable bonds is 4. The average Bonchev–Trinajstić information content (AvgIpc) is 2.42. The summed E-state index contributed by atoms with van der Waals surface area (Å²) in [5, 5.41) is 3.36. The summed E-state index contributed by atoms with van der Waals surface area (Å²) in [4.78, 5) is 18.1. The van der Waals surface area contributed by atoms with E-state index in [9.17, 15) is 4.79 Å². The molecule has 0 aromatic carbocycles. The van der Waals surface area contributed by atoms with Crippen molar-refractivity contribution in [2.75, 3.05) is 18.9 Å². The first-order valence-electron chi connectivity index (χ1n) is 6.77. The first-order chi connectivity index (χ1) is 9.15. The third-order valence-electron chi connectivity index (χ3n) is 3.59. The van der Waals surface area contributed by atoms with E-state index in [0.717, 1.165) is 0 Å². The number of pyridine rings is 1. The van der Waals surface area contributed by atoms with E-state index in [1.54, 1.807) is 12.1 Å². The number of aromatic nitrogens is 1. The van der Waals surface area contributed by atoms with E-state index < -0.39 is 0 Å². The number of hydrogen-bond acceptors (Lipinski definition) is 3. The van der Waals surface area contributed by atoms with Crippen LogP contribution in [0.5, 0.6) is 0 Å². The van der Waals surface area contributed by atoms with Crippen molar-refractivity contribution in [1.82, 2.24) is 9.88 Å². The van der Waals surface area contributed by atoms with Gasteiger partial charge in [-0.25, -0.2) is 4.98 Å². The lowest BCUT2D eigenvalue weighted by molar-refractivity contribution is -0.117. The Morgan fingerprint density at radius 3 is 2.79 bits per heavy atom. The Balaban J connectivity index is 1.81. The molecule has 1 fully saturated rings. The van der Waals surface area contributed by atoms with Crippen LogP contribution >= 0.6 is 11.6 Å². The van der Waals surface area contributed by atoms with Gasteiger partial charge in [-0.15, -0.1) is 0 Å². The van der Waals surface area contributed by atoms with E-state index in [4.69, 9.17) is 11.6 Å². The van der Waals surface area contributed by atoms with Gasteiger partial charge in [0.25, 0.3) is 0 Å². The molecule has 0 unspecified atom stereocenters. The van der Waals surface area contributed by atoms with Gasteiger partial charge in [-0.05, 0) is 32.0 Å². The fourth-order valence-electron chi connectivity index (χ4n) is 2.51. The zero-order chi connectivity index (χ0) is 13.7. The molecular weight excluding hydrogens is 262 g/mol. The van der Waals surface area contributed by atoms with Crippen molar-refractivity contribution in [2.45, 2.75) is 38.1 Å². The molecule has 0 bridgehead atoms. The Bertz CT molecular complexity index is 415. The molecule has 19 heavy (non-hydrogen) atoms. The number of nitrogens with one attached hydrogen (secondary N) is 1. The van der Waals surface area contributed by atoms with Gasteiger partial charge in [0, 0.05) is 12.2 Å². The van der Waals surface area contributed by atoms with E-state index in [-0.39, 0.29) is 5.91 Å². The standard InChI is InChI=1S/C14H20ClN3O/c1-18(12-5-3-2-4-6-12)10-14(19)17-13-8-7-11(15)9-16-13/h7-9,12H,2-6,10H2,1H3,(H,16,17,19). The maximum absolute atomic E-state index is 11.9. The number of nitrogens with zero attached hydrogens (tertiary/aromatic N) is 2. The Kier molecular flexibility index (Phi) is 5.16. The van der Waals surface area contributed by atoms with Crippen LogP contribution in [-0.4, -0.2) is 35.4 Å². The minimum atomic E-state index is -0.0251. The molecule has 1 aromatic rings. The Morgan fingerprint density at radius 1 is 1.42 bits per heavy atom. The molecule has 1 amide bonds. The number of halogens is 1. The highest BCUT2D eigenvalue weighted by Crippen LogP contribution is 2.21. The molecule has 0 spiro atoms. The third kappa shape index (κ3) is 4.48. The largest absolute Gasteiger partial charge is 0.310 e. The summed E-state index contributed by atoms with van der Waals surface area (Å²) in [6.45, 7) is 0.412. The van der Waals surface area contributed by atoms with Crippen molar-refractivity contribution in [2.24, 2.45) is 0 Å². The number of likely N-dealkylation sites (N-methyl/N-ethyl adjacent to an activating group) is 1. The smallest absolute Gasteiger partial charge is 0.239 e. The van der Waals surface area contributed by atoms with Gasteiger partial charge in [-0.1, -0.05) is 30.9 Å². The second kappa shape index (κ2) is 6.87. The Hall–Kier alpha value is -1.13. The van der Waals surface area contributed by atoms with Gasteiger partial charge >= 0.3 is 0 Å². The van der Waals surface area contributed by atoms with E-state index >= 15 is 0 Å². The van der Waals surface area contributed by atoms with E-state index in [2.05, 4.69) is 15.2 Å². The SMILES string of the molecule is CN(CC(=O)Nc1ccc(Cl)cn1)C1CCCCC1. The molecule has 104 valence electrons. The van der Waals surface area contributed by atoms with Crippen LogP contribution in [-0.2, 0) is 4.79 Å². The number of anilines is 1. The highest BCUT2D eigenvalue weighted by atomic mass is 35.5. The predicted molar refractivity (Wildman–Crippen MR) is 77.4 cm³/mol. The molecule has 1 heterocycles. The first-order valence-corrected chi connectivity index (χ1v) is 7.14. The van der Waals surface area contributed by atoms with Crippen LogP contribution < -0.4 is 5.32 Å². The van der Waals surface area contributed by atoms with Crippen molar-refractivity contribution in [1.29, 1.82) is 0 Å². The molecule has 1 aliphatic rings. The van der Waals surface area contributed by atoms with Gasteiger partial charge < -0.3 is 5.32 Å². The summed E-state index contributed by atoms with van der Waals surface area (Å²) in [6.07, 6.45) is 7.80. The highest BCUT2D eigenvalue weighted by molar-refractivity contribution is 6.30. The van der Waals surface area contributed by atoms with Gasteiger partial charge in [-0.3, -0.25) is 9.69 Å². The lowest BCUT2D eigenvalue weighted by Gasteiger charge is -2.30. The molecule has 0 radical (unpaired) electrons. The van der Waals surface area contributed by atoms with Gasteiger partial charge in [0.1, 0.15) is 5.82 Å². The first kappa shape index (κ1) is 14.3. The maximum Gasteiger partial charge on any atom is 0.239 e. The lowest BCUT2D eigenvalue weighted by atomic mass is 9.94.